The summed E-state index contributed by atoms with van der Waals surface area (Å²) in [4.78, 5) is 0. The molecule has 21 heavy (non-hydrogen) atoms. The molecule has 0 aliphatic heterocycles. The molecule has 0 heterocycles. The van der Waals surface area contributed by atoms with Gasteiger partial charge in [0.1, 0.15) is 5.75 Å². The van der Waals surface area contributed by atoms with Crippen LogP contribution in [0.5, 0.6) is 5.75 Å². The van der Waals surface area contributed by atoms with Crippen molar-refractivity contribution in [1.82, 2.24) is 0 Å². The quantitative estimate of drug-likeness (QED) is 0.899. The summed E-state index contributed by atoms with van der Waals surface area (Å²) in [6, 6.07) is 12.2. The number of rotatable bonds is 4. The van der Waals surface area contributed by atoms with Gasteiger partial charge >= 0.3 is 6.36 Å². The second kappa shape index (κ2) is 6.37. The van der Waals surface area contributed by atoms with Crippen LogP contribution >= 0.6 is 11.6 Å². The zero-order valence-corrected chi connectivity index (χ0v) is 11.5. The summed E-state index contributed by atoms with van der Waals surface area (Å²) in [6.45, 7) is 0. The third kappa shape index (κ3) is 4.95. The topological polar surface area (TPSA) is 29.5 Å². The van der Waals surface area contributed by atoms with Crippen LogP contribution in [0.15, 0.2) is 48.5 Å². The highest BCUT2D eigenvalue weighted by molar-refractivity contribution is 6.30. The second-order valence-corrected chi connectivity index (χ2v) is 4.90. The Bertz CT molecular complexity index is 579. The lowest BCUT2D eigenvalue weighted by atomic mass is 10.0. The monoisotopic (exact) mass is 316 g/mol. The molecule has 0 bridgehead atoms. The maximum absolute atomic E-state index is 12.0. The van der Waals surface area contributed by atoms with E-state index in [0.717, 1.165) is 5.56 Å². The number of alkyl halides is 3. The predicted molar refractivity (Wildman–Crippen MR) is 73.2 cm³/mol. The number of hydrogen-bond donors (Lipinski definition) is 1. The molecule has 1 atom stereocenters. The lowest BCUT2D eigenvalue weighted by Crippen LogP contribution is -2.17. The van der Waals surface area contributed by atoms with E-state index in [1.54, 1.807) is 24.3 Å². The molecule has 0 saturated heterocycles. The van der Waals surface area contributed by atoms with Crippen LogP contribution in [0.3, 0.4) is 0 Å². The van der Waals surface area contributed by atoms with Crippen molar-refractivity contribution in [2.75, 3.05) is 0 Å². The van der Waals surface area contributed by atoms with Crippen LogP contribution in [0, 0.1) is 0 Å². The maximum atomic E-state index is 12.0. The van der Waals surface area contributed by atoms with Crippen molar-refractivity contribution in [1.29, 1.82) is 0 Å². The van der Waals surface area contributed by atoms with E-state index in [0.29, 0.717) is 17.0 Å². The van der Waals surface area contributed by atoms with Crippen molar-refractivity contribution in [2.24, 2.45) is 0 Å². The van der Waals surface area contributed by atoms with Crippen LogP contribution in [0.4, 0.5) is 13.2 Å². The Hall–Kier alpha value is -1.72. The average molecular weight is 317 g/mol. The van der Waals surface area contributed by atoms with E-state index in [4.69, 9.17) is 11.6 Å². The molecule has 1 N–H and O–H groups in total. The second-order valence-electron chi connectivity index (χ2n) is 4.46. The van der Waals surface area contributed by atoms with Gasteiger partial charge in [0.25, 0.3) is 0 Å². The van der Waals surface area contributed by atoms with Crippen LogP contribution in [0.2, 0.25) is 5.02 Å². The summed E-state index contributed by atoms with van der Waals surface area (Å²) in [5.74, 6) is -0.315. The van der Waals surface area contributed by atoms with Gasteiger partial charge in [0.2, 0.25) is 0 Å². The Morgan fingerprint density at radius 1 is 1.00 bits per heavy atom. The first kappa shape index (κ1) is 15.7. The van der Waals surface area contributed by atoms with Crippen LogP contribution in [0.1, 0.15) is 17.2 Å². The van der Waals surface area contributed by atoms with Crippen molar-refractivity contribution in [2.45, 2.75) is 18.9 Å². The summed E-state index contributed by atoms with van der Waals surface area (Å²) >= 11 is 5.77. The first-order valence-electron chi connectivity index (χ1n) is 6.12. The summed E-state index contributed by atoms with van der Waals surface area (Å²) in [5.41, 5.74) is 1.39. The maximum Gasteiger partial charge on any atom is 0.573 e. The fourth-order valence-corrected chi connectivity index (χ4v) is 1.98. The number of aliphatic hydroxyl groups is 1. The largest absolute Gasteiger partial charge is 0.573 e. The van der Waals surface area contributed by atoms with Crippen LogP contribution in [-0.4, -0.2) is 11.5 Å². The highest BCUT2D eigenvalue weighted by atomic mass is 35.5. The minimum atomic E-state index is -4.72. The van der Waals surface area contributed by atoms with Gasteiger partial charge in [0, 0.05) is 11.4 Å². The molecule has 0 radical (unpaired) electrons. The van der Waals surface area contributed by atoms with Crippen LogP contribution in [-0.2, 0) is 6.42 Å². The lowest BCUT2D eigenvalue weighted by Gasteiger charge is -2.13. The van der Waals surface area contributed by atoms with E-state index >= 15 is 0 Å². The fraction of sp³-hybridized carbons (Fsp3) is 0.200. The Morgan fingerprint density at radius 3 is 2.10 bits per heavy atom. The fourth-order valence-electron chi connectivity index (χ4n) is 1.85. The Morgan fingerprint density at radius 2 is 1.57 bits per heavy atom. The highest BCUT2D eigenvalue weighted by Crippen LogP contribution is 2.25. The molecule has 2 aromatic rings. The van der Waals surface area contributed by atoms with Gasteiger partial charge in [-0.3, -0.25) is 0 Å². The molecule has 0 fully saturated rings. The van der Waals surface area contributed by atoms with E-state index in [1.807, 2.05) is 0 Å². The summed E-state index contributed by atoms with van der Waals surface area (Å²) < 4.78 is 39.9. The lowest BCUT2D eigenvalue weighted by molar-refractivity contribution is -0.274. The van der Waals surface area contributed by atoms with Gasteiger partial charge in [-0.1, -0.05) is 35.9 Å². The third-order valence-electron chi connectivity index (χ3n) is 2.84. The van der Waals surface area contributed by atoms with Gasteiger partial charge in [-0.15, -0.1) is 13.2 Å². The molecule has 0 aliphatic rings. The molecule has 1 unspecified atom stereocenters. The standard InChI is InChI=1S/C15H12ClF3O2/c16-12-5-1-10(2-6-12)9-14(20)11-3-7-13(8-4-11)21-15(17,18)19/h1-8,14,20H,9H2. The van der Waals surface area contributed by atoms with E-state index < -0.39 is 12.5 Å². The third-order valence-corrected chi connectivity index (χ3v) is 3.09. The van der Waals surface area contributed by atoms with E-state index in [-0.39, 0.29) is 5.75 Å². The predicted octanol–water partition coefficient (Wildman–Crippen LogP) is 4.51. The van der Waals surface area contributed by atoms with Crippen LogP contribution in [0.25, 0.3) is 0 Å². The van der Waals surface area contributed by atoms with Crippen molar-refractivity contribution >= 4 is 11.6 Å². The van der Waals surface area contributed by atoms with Gasteiger partial charge in [-0.25, -0.2) is 0 Å². The first-order chi connectivity index (χ1) is 9.83. The molecular formula is C15H12ClF3O2. The zero-order valence-electron chi connectivity index (χ0n) is 10.8. The van der Waals surface area contributed by atoms with Crippen molar-refractivity contribution in [3.05, 3.63) is 64.7 Å². The molecule has 2 rings (SSSR count). The molecular weight excluding hydrogens is 305 g/mol. The van der Waals surface area contributed by atoms with E-state index in [1.165, 1.54) is 24.3 Å². The molecule has 0 aliphatic carbocycles. The molecule has 2 nitrogen and oxygen atoms in total. The van der Waals surface area contributed by atoms with Gasteiger partial charge in [0.05, 0.1) is 6.10 Å². The number of halogens is 4. The Labute approximate surface area is 124 Å². The minimum Gasteiger partial charge on any atom is -0.406 e. The van der Waals surface area contributed by atoms with E-state index in [9.17, 15) is 18.3 Å². The molecule has 0 aromatic heterocycles. The normalized spacial score (nSPS) is 13.0. The molecule has 6 heteroatoms. The molecule has 0 saturated carbocycles. The Kier molecular flexibility index (Phi) is 4.75. The van der Waals surface area contributed by atoms with Crippen molar-refractivity contribution in [3.8, 4) is 5.75 Å². The van der Waals surface area contributed by atoms with Crippen molar-refractivity contribution < 1.29 is 23.0 Å². The zero-order chi connectivity index (χ0) is 15.5. The SMILES string of the molecule is OC(Cc1ccc(Cl)cc1)c1ccc(OC(F)(F)F)cc1. The average Bonchev–Trinajstić information content (AvgIpc) is 2.40. The number of hydrogen-bond acceptors (Lipinski definition) is 2. The smallest absolute Gasteiger partial charge is 0.406 e. The number of aliphatic hydroxyl groups excluding tert-OH is 1. The highest BCUT2D eigenvalue weighted by Gasteiger charge is 2.31. The number of ether oxygens (including phenoxy) is 1. The molecule has 2 aromatic carbocycles. The molecule has 0 spiro atoms. The molecule has 112 valence electrons. The van der Waals surface area contributed by atoms with Gasteiger partial charge in [-0.05, 0) is 35.4 Å². The summed E-state index contributed by atoms with van der Waals surface area (Å²) in [6.07, 6.45) is -5.19. The van der Waals surface area contributed by atoms with Crippen molar-refractivity contribution in [3.63, 3.8) is 0 Å². The first-order valence-corrected chi connectivity index (χ1v) is 6.49. The van der Waals surface area contributed by atoms with Gasteiger partial charge < -0.3 is 9.84 Å². The molecule has 0 amide bonds. The Balaban J connectivity index is 2.02. The van der Waals surface area contributed by atoms with E-state index in [2.05, 4.69) is 4.74 Å². The minimum absolute atomic E-state index is 0.315. The summed E-state index contributed by atoms with van der Waals surface area (Å²) in [5, 5.41) is 10.7. The summed E-state index contributed by atoms with van der Waals surface area (Å²) in [7, 11) is 0. The van der Waals surface area contributed by atoms with Crippen LogP contribution < -0.4 is 4.74 Å². The number of benzene rings is 2. The van der Waals surface area contributed by atoms with Gasteiger partial charge in [0.15, 0.2) is 0 Å². The van der Waals surface area contributed by atoms with Gasteiger partial charge in [-0.2, -0.15) is 0 Å².